The van der Waals surface area contributed by atoms with Gasteiger partial charge in [0.25, 0.3) is 0 Å². The molecule has 0 aliphatic rings. The first-order valence-electron chi connectivity index (χ1n) is 9.25. The molecule has 0 bridgehead atoms. The van der Waals surface area contributed by atoms with E-state index in [-0.39, 0.29) is 30.6 Å². The second-order valence-corrected chi connectivity index (χ2v) is 6.01. The average Bonchev–Trinajstić information content (AvgIpc) is 2.64. The smallest absolute Gasteiger partial charge is 0.382 e. The van der Waals surface area contributed by atoms with Gasteiger partial charge in [-0.3, -0.25) is 0 Å². The van der Waals surface area contributed by atoms with E-state index in [9.17, 15) is 13.2 Å². The van der Waals surface area contributed by atoms with Crippen LogP contribution in [0.2, 0.25) is 0 Å². The number of rotatable bonds is 13. The second kappa shape index (κ2) is 16.7. The van der Waals surface area contributed by atoms with Gasteiger partial charge in [-0.1, -0.05) is 24.3 Å². The van der Waals surface area contributed by atoms with Crippen LogP contribution in [0.15, 0.2) is 29.3 Å². The molecule has 0 aliphatic heterocycles. The minimum absolute atomic E-state index is 0. The number of methoxy groups -OCH3 is 1. The number of halogens is 4. The van der Waals surface area contributed by atoms with Gasteiger partial charge in [0.2, 0.25) is 0 Å². The standard InChI is InChI=1S/C19H30F3N3O3.HI/c1-3-23-18(24-8-5-9-27-11-10-26-2)25-13-16-6-4-7-17(12-16)14-28-15-19(20,21)22;/h4,6-7,12H,3,5,8-11,13-15H2,1-2H3,(H2,23,24,25);1H. The van der Waals surface area contributed by atoms with Crippen LogP contribution in [-0.2, 0) is 27.4 Å². The van der Waals surface area contributed by atoms with Crippen molar-refractivity contribution >= 4 is 29.9 Å². The summed E-state index contributed by atoms with van der Waals surface area (Å²) in [6.45, 7) is 4.28. The Morgan fingerprint density at radius 1 is 1.07 bits per heavy atom. The Morgan fingerprint density at radius 2 is 1.83 bits per heavy atom. The molecule has 0 atom stereocenters. The highest BCUT2D eigenvalue weighted by Crippen LogP contribution is 2.16. The molecule has 29 heavy (non-hydrogen) atoms. The Hall–Kier alpha value is -1.11. The van der Waals surface area contributed by atoms with Gasteiger partial charge in [0.1, 0.15) is 6.61 Å². The van der Waals surface area contributed by atoms with E-state index in [0.29, 0.717) is 44.4 Å². The fraction of sp³-hybridized carbons (Fsp3) is 0.632. The Bertz CT molecular complexity index is 575. The average molecular weight is 533 g/mol. The first-order chi connectivity index (χ1) is 13.4. The van der Waals surface area contributed by atoms with E-state index in [1.807, 2.05) is 13.0 Å². The van der Waals surface area contributed by atoms with Crippen molar-refractivity contribution in [3.63, 3.8) is 0 Å². The molecule has 0 amide bonds. The molecule has 2 N–H and O–H groups in total. The number of hydrogen-bond donors (Lipinski definition) is 2. The van der Waals surface area contributed by atoms with Crippen molar-refractivity contribution in [2.75, 3.05) is 46.6 Å². The molecular formula is C19H31F3IN3O3. The molecule has 6 nitrogen and oxygen atoms in total. The van der Waals surface area contributed by atoms with Crippen molar-refractivity contribution in [2.24, 2.45) is 4.99 Å². The molecule has 0 aromatic heterocycles. The van der Waals surface area contributed by atoms with Crippen LogP contribution >= 0.6 is 24.0 Å². The minimum Gasteiger partial charge on any atom is -0.382 e. The van der Waals surface area contributed by atoms with E-state index in [0.717, 1.165) is 18.5 Å². The topological polar surface area (TPSA) is 64.1 Å². The van der Waals surface area contributed by atoms with Crippen LogP contribution in [-0.4, -0.2) is 58.8 Å². The zero-order valence-electron chi connectivity index (χ0n) is 16.9. The zero-order valence-corrected chi connectivity index (χ0v) is 19.2. The molecule has 0 unspecified atom stereocenters. The van der Waals surface area contributed by atoms with Crippen molar-refractivity contribution in [2.45, 2.75) is 32.7 Å². The fourth-order valence-corrected chi connectivity index (χ4v) is 2.24. The molecule has 0 heterocycles. The van der Waals surface area contributed by atoms with Crippen LogP contribution in [0.3, 0.4) is 0 Å². The van der Waals surface area contributed by atoms with Gasteiger partial charge in [-0.15, -0.1) is 24.0 Å². The van der Waals surface area contributed by atoms with Crippen LogP contribution in [0.25, 0.3) is 0 Å². The van der Waals surface area contributed by atoms with Crippen LogP contribution in [0.5, 0.6) is 0 Å². The normalized spacial score (nSPS) is 11.8. The number of guanidine groups is 1. The number of benzene rings is 1. The fourth-order valence-electron chi connectivity index (χ4n) is 2.24. The molecule has 0 aliphatic carbocycles. The molecule has 0 spiro atoms. The lowest BCUT2D eigenvalue weighted by molar-refractivity contribution is -0.176. The van der Waals surface area contributed by atoms with Gasteiger partial charge < -0.3 is 24.8 Å². The van der Waals surface area contributed by atoms with E-state index in [1.165, 1.54) is 0 Å². The van der Waals surface area contributed by atoms with E-state index < -0.39 is 12.8 Å². The maximum atomic E-state index is 12.2. The molecule has 0 fully saturated rings. The first-order valence-corrected chi connectivity index (χ1v) is 9.25. The summed E-state index contributed by atoms with van der Waals surface area (Å²) in [6.07, 6.45) is -3.48. The largest absolute Gasteiger partial charge is 0.411 e. The number of ether oxygens (including phenoxy) is 3. The number of aliphatic imine (C=N–C) groups is 1. The summed E-state index contributed by atoms with van der Waals surface area (Å²) in [4.78, 5) is 4.50. The van der Waals surface area contributed by atoms with Crippen molar-refractivity contribution < 1.29 is 27.4 Å². The quantitative estimate of drug-likeness (QED) is 0.176. The lowest BCUT2D eigenvalue weighted by atomic mass is 10.1. The maximum Gasteiger partial charge on any atom is 0.411 e. The summed E-state index contributed by atoms with van der Waals surface area (Å²) < 4.78 is 51.5. The highest BCUT2D eigenvalue weighted by Gasteiger charge is 2.27. The molecule has 1 rings (SSSR count). The highest BCUT2D eigenvalue weighted by atomic mass is 127. The third-order valence-electron chi connectivity index (χ3n) is 3.48. The van der Waals surface area contributed by atoms with E-state index in [4.69, 9.17) is 14.2 Å². The lowest BCUT2D eigenvalue weighted by Gasteiger charge is -2.12. The Labute approximate surface area is 187 Å². The summed E-state index contributed by atoms with van der Waals surface area (Å²) in [5, 5.41) is 6.38. The van der Waals surface area contributed by atoms with Crippen LogP contribution in [0, 0.1) is 0 Å². The zero-order chi connectivity index (χ0) is 20.7. The summed E-state index contributed by atoms with van der Waals surface area (Å²) in [6, 6.07) is 7.20. The molecule has 1 aromatic rings. The third-order valence-corrected chi connectivity index (χ3v) is 3.48. The van der Waals surface area contributed by atoms with Gasteiger partial charge >= 0.3 is 6.18 Å². The summed E-state index contributed by atoms with van der Waals surface area (Å²) in [5.74, 6) is 0.679. The van der Waals surface area contributed by atoms with Crippen molar-refractivity contribution in [1.29, 1.82) is 0 Å². The van der Waals surface area contributed by atoms with Crippen LogP contribution < -0.4 is 10.6 Å². The predicted molar refractivity (Wildman–Crippen MR) is 118 cm³/mol. The van der Waals surface area contributed by atoms with E-state index >= 15 is 0 Å². The van der Waals surface area contributed by atoms with Crippen molar-refractivity contribution in [3.05, 3.63) is 35.4 Å². The van der Waals surface area contributed by atoms with Gasteiger partial charge in [0, 0.05) is 26.8 Å². The Balaban J connectivity index is 0.00000784. The molecule has 1 aromatic carbocycles. The molecule has 168 valence electrons. The minimum atomic E-state index is -4.32. The van der Waals surface area contributed by atoms with Crippen LogP contribution in [0.1, 0.15) is 24.5 Å². The maximum absolute atomic E-state index is 12.2. The Kier molecular flexibility index (Phi) is 16.0. The third kappa shape index (κ3) is 15.4. The monoisotopic (exact) mass is 533 g/mol. The summed E-state index contributed by atoms with van der Waals surface area (Å²) in [7, 11) is 1.63. The van der Waals surface area contributed by atoms with E-state index in [1.54, 1.807) is 25.3 Å². The van der Waals surface area contributed by atoms with Gasteiger partial charge in [-0.2, -0.15) is 13.2 Å². The summed E-state index contributed by atoms with van der Waals surface area (Å²) >= 11 is 0. The number of nitrogens with one attached hydrogen (secondary N) is 2. The van der Waals surface area contributed by atoms with Crippen molar-refractivity contribution in [1.82, 2.24) is 10.6 Å². The number of alkyl halides is 3. The second-order valence-electron chi connectivity index (χ2n) is 6.01. The van der Waals surface area contributed by atoms with E-state index in [2.05, 4.69) is 15.6 Å². The lowest BCUT2D eigenvalue weighted by Crippen LogP contribution is -2.38. The Morgan fingerprint density at radius 3 is 2.52 bits per heavy atom. The number of hydrogen-bond acceptors (Lipinski definition) is 4. The molecule has 0 radical (unpaired) electrons. The molecule has 10 heteroatoms. The first kappa shape index (κ1) is 27.9. The van der Waals surface area contributed by atoms with Gasteiger partial charge in [-0.25, -0.2) is 4.99 Å². The molecule has 0 saturated carbocycles. The molecular weight excluding hydrogens is 502 g/mol. The van der Waals surface area contributed by atoms with Gasteiger partial charge in [0.15, 0.2) is 5.96 Å². The number of nitrogens with zero attached hydrogens (tertiary/aromatic N) is 1. The van der Waals surface area contributed by atoms with Gasteiger partial charge in [-0.05, 0) is 24.5 Å². The van der Waals surface area contributed by atoms with Gasteiger partial charge in [0.05, 0.1) is 26.4 Å². The SMILES string of the molecule is CCNC(=NCc1cccc(COCC(F)(F)F)c1)NCCCOCCOC.I. The van der Waals surface area contributed by atoms with Crippen LogP contribution in [0.4, 0.5) is 13.2 Å². The van der Waals surface area contributed by atoms with Crippen molar-refractivity contribution in [3.8, 4) is 0 Å². The highest BCUT2D eigenvalue weighted by molar-refractivity contribution is 14.0. The molecule has 0 saturated heterocycles. The predicted octanol–water partition coefficient (Wildman–Crippen LogP) is 3.49. The summed E-state index contributed by atoms with van der Waals surface area (Å²) in [5.41, 5.74) is 1.58.